The van der Waals surface area contributed by atoms with Crippen LogP contribution in [0, 0.1) is 5.92 Å². The Morgan fingerprint density at radius 3 is 2.78 bits per heavy atom. The Bertz CT molecular complexity index is 695. The molecule has 126 valence electrons. The van der Waals surface area contributed by atoms with Crippen molar-refractivity contribution >= 4 is 53.2 Å². The lowest BCUT2D eigenvalue weighted by molar-refractivity contribution is 0.0745. The van der Waals surface area contributed by atoms with E-state index in [0.29, 0.717) is 35.1 Å². The van der Waals surface area contributed by atoms with Gasteiger partial charge in [0, 0.05) is 24.2 Å². The van der Waals surface area contributed by atoms with Gasteiger partial charge >= 0.3 is 0 Å². The molecule has 23 heavy (non-hydrogen) atoms. The third-order valence-electron chi connectivity index (χ3n) is 4.20. The first kappa shape index (κ1) is 20.0. The SMILES string of the molecule is CC1CC(CN)CN1C(=O)c1ccc(Cl)c2cccnc12.Cl.Cl. The molecule has 1 aromatic carbocycles. The molecule has 0 aliphatic carbocycles. The molecule has 4 nitrogen and oxygen atoms in total. The summed E-state index contributed by atoms with van der Waals surface area (Å²) in [6, 6.07) is 7.45. The fourth-order valence-corrected chi connectivity index (χ4v) is 3.28. The molecule has 2 heterocycles. The Balaban J connectivity index is 0.00000132. The Hall–Kier alpha value is -1.07. The smallest absolute Gasteiger partial charge is 0.256 e. The second-order valence-electron chi connectivity index (χ2n) is 5.64. The van der Waals surface area contributed by atoms with Gasteiger partial charge in [-0.05, 0) is 50.1 Å². The maximum absolute atomic E-state index is 12.8. The Kier molecular flexibility index (Phi) is 7.08. The fraction of sp³-hybridized carbons (Fsp3) is 0.375. The van der Waals surface area contributed by atoms with E-state index in [-0.39, 0.29) is 36.8 Å². The minimum absolute atomic E-state index is 0. The van der Waals surface area contributed by atoms with Crippen LogP contribution in [0.3, 0.4) is 0 Å². The number of nitrogens with two attached hydrogens (primary N) is 1. The van der Waals surface area contributed by atoms with Gasteiger partial charge in [0.05, 0.1) is 16.1 Å². The highest BCUT2D eigenvalue weighted by molar-refractivity contribution is 6.36. The predicted octanol–water partition coefficient (Wildman–Crippen LogP) is 3.54. The molecule has 1 aliphatic rings. The van der Waals surface area contributed by atoms with Crippen LogP contribution in [0.1, 0.15) is 23.7 Å². The van der Waals surface area contributed by atoms with E-state index in [4.69, 9.17) is 17.3 Å². The lowest BCUT2D eigenvalue weighted by atomic mass is 10.1. The number of rotatable bonds is 2. The van der Waals surface area contributed by atoms with Gasteiger partial charge in [-0.2, -0.15) is 0 Å². The molecule has 0 saturated carbocycles. The van der Waals surface area contributed by atoms with Crippen molar-refractivity contribution in [3.8, 4) is 0 Å². The van der Waals surface area contributed by atoms with Gasteiger partial charge in [0.2, 0.25) is 0 Å². The Labute approximate surface area is 153 Å². The summed E-state index contributed by atoms with van der Waals surface area (Å²) in [7, 11) is 0. The average molecular weight is 377 g/mol. The number of likely N-dealkylation sites (tertiary alicyclic amines) is 1. The molecule has 7 heteroatoms. The van der Waals surface area contributed by atoms with Gasteiger partial charge in [-0.1, -0.05) is 11.6 Å². The molecular formula is C16H20Cl3N3O. The van der Waals surface area contributed by atoms with Crippen molar-refractivity contribution < 1.29 is 4.79 Å². The van der Waals surface area contributed by atoms with E-state index in [1.807, 2.05) is 17.0 Å². The van der Waals surface area contributed by atoms with Gasteiger partial charge in [0.25, 0.3) is 5.91 Å². The molecule has 1 amide bonds. The van der Waals surface area contributed by atoms with Crippen molar-refractivity contribution in [2.75, 3.05) is 13.1 Å². The van der Waals surface area contributed by atoms with E-state index in [0.717, 1.165) is 11.8 Å². The standard InChI is InChI=1S/C16H18ClN3O.2ClH/c1-10-7-11(8-18)9-20(10)16(21)13-4-5-14(17)12-3-2-6-19-15(12)13;;/h2-6,10-11H,7-9,18H2,1H3;2*1H. The molecule has 2 N–H and O–H groups in total. The van der Waals surface area contributed by atoms with Crippen LogP contribution < -0.4 is 5.73 Å². The lowest BCUT2D eigenvalue weighted by Crippen LogP contribution is -2.34. The van der Waals surface area contributed by atoms with Crippen LogP contribution in [-0.4, -0.2) is 34.9 Å². The number of nitrogens with zero attached hydrogens (tertiary/aromatic N) is 2. The molecule has 1 saturated heterocycles. The highest BCUT2D eigenvalue weighted by Crippen LogP contribution is 2.29. The van der Waals surface area contributed by atoms with Crippen molar-refractivity contribution in [3.05, 3.63) is 41.0 Å². The highest BCUT2D eigenvalue weighted by atomic mass is 35.5. The third kappa shape index (κ3) is 3.72. The molecular weight excluding hydrogens is 357 g/mol. The van der Waals surface area contributed by atoms with Gasteiger partial charge in [-0.3, -0.25) is 9.78 Å². The molecule has 1 fully saturated rings. The van der Waals surface area contributed by atoms with Crippen LogP contribution in [0.15, 0.2) is 30.5 Å². The maximum atomic E-state index is 12.8. The Morgan fingerprint density at radius 2 is 2.13 bits per heavy atom. The number of aromatic nitrogens is 1. The summed E-state index contributed by atoms with van der Waals surface area (Å²) >= 11 is 6.19. The summed E-state index contributed by atoms with van der Waals surface area (Å²) in [6.45, 7) is 3.40. The molecule has 0 spiro atoms. The number of benzene rings is 1. The summed E-state index contributed by atoms with van der Waals surface area (Å²) in [6.07, 6.45) is 2.65. The molecule has 2 aromatic rings. The second kappa shape index (κ2) is 8.15. The largest absolute Gasteiger partial charge is 0.336 e. The number of amides is 1. The molecule has 0 radical (unpaired) electrons. The summed E-state index contributed by atoms with van der Waals surface area (Å²) in [5, 5.41) is 1.43. The quantitative estimate of drug-likeness (QED) is 0.872. The van der Waals surface area contributed by atoms with E-state index in [1.54, 1.807) is 18.3 Å². The van der Waals surface area contributed by atoms with E-state index < -0.39 is 0 Å². The Morgan fingerprint density at radius 1 is 1.39 bits per heavy atom. The summed E-state index contributed by atoms with van der Waals surface area (Å²) in [4.78, 5) is 19.1. The zero-order chi connectivity index (χ0) is 15.0. The van der Waals surface area contributed by atoms with Crippen molar-refractivity contribution in [2.45, 2.75) is 19.4 Å². The number of halogens is 3. The van der Waals surface area contributed by atoms with Gasteiger partial charge in [-0.15, -0.1) is 24.8 Å². The summed E-state index contributed by atoms with van der Waals surface area (Å²) < 4.78 is 0. The number of pyridine rings is 1. The van der Waals surface area contributed by atoms with Crippen LogP contribution in [0.5, 0.6) is 0 Å². The van der Waals surface area contributed by atoms with E-state index in [2.05, 4.69) is 11.9 Å². The van der Waals surface area contributed by atoms with Crippen LogP contribution in [0.4, 0.5) is 0 Å². The molecule has 1 aromatic heterocycles. The van der Waals surface area contributed by atoms with Gasteiger partial charge in [0.15, 0.2) is 0 Å². The molecule has 1 aliphatic heterocycles. The number of fused-ring (bicyclic) bond motifs is 1. The van der Waals surface area contributed by atoms with Crippen LogP contribution >= 0.6 is 36.4 Å². The summed E-state index contributed by atoms with van der Waals surface area (Å²) in [5.41, 5.74) is 7.02. The second-order valence-corrected chi connectivity index (χ2v) is 6.05. The normalized spacial score (nSPS) is 20.0. The first-order chi connectivity index (χ1) is 10.1. The van der Waals surface area contributed by atoms with Crippen molar-refractivity contribution in [2.24, 2.45) is 11.7 Å². The minimum atomic E-state index is 0. The van der Waals surface area contributed by atoms with Crippen molar-refractivity contribution in [3.63, 3.8) is 0 Å². The summed E-state index contributed by atoms with van der Waals surface area (Å²) in [5.74, 6) is 0.397. The first-order valence-corrected chi connectivity index (χ1v) is 7.54. The minimum Gasteiger partial charge on any atom is -0.336 e. The maximum Gasteiger partial charge on any atom is 0.256 e. The van der Waals surface area contributed by atoms with Gasteiger partial charge in [0.1, 0.15) is 0 Å². The monoisotopic (exact) mass is 375 g/mol. The van der Waals surface area contributed by atoms with Crippen molar-refractivity contribution in [1.82, 2.24) is 9.88 Å². The fourth-order valence-electron chi connectivity index (χ4n) is 3.06. The molecule has 0 bridgehead atoms. The van der Waals surface area contributed by atoms with Gasteiger partial charge in [-0.25, -0.2) is 0 Å². The van der Waals surface area contributed by atoms with E-state index in [9.17, 15) is 4.79 Å². The van der Waals surface area contributed by atoms with E-state index >= 15 is 0 Å². The number of carbonyl (C=O) groups is 1. The predicted molar refractivity (Wildman–Crippen MR) is 98.9 cm³/mol. The zero-order valence-electron chi connectivity index (χ0n) is 12.7. The van der Waals surface area contributed by atoms with Crippen LogP contribution in [0.25, 0.3) is 10.9 Å². The zero-order valence-corrected chi connectivity index (χ0v) is 15.1. The van der Waals surface area contributed by atoms with Crippen molar-refractivity contribution in [1.29, 1.82) is 0 Å². The topological polar surface area (TPSA) is 59.2 Å². The molecule has 2 unspecified atom stereocenters. The van der Waals surface area contributed by atoms with E-state index in [1.165, 1.54) is 0 Å². The molecule has 3 rings (SSSR count). The highest BCUT2D eigenvalue weighted by Gasteiger charge is 2.32. The third-order valence-corrected chi connectivity index (χ3v) is 4.53. The average Bonchev–Trinajstić information content (AvgIpc) is 2.88. The van der Waals surface area contributed by atoms with Crippen LogP contribution in [-0.2, 0) is 0 Å². The lowest BCUT2D eigenvalue weighted by Gasteiger charge is -2.22. The molecule has 2 atom stereocenters. The number of hydrogen-bond donors (Lipinski definition) is 1. The number of hydrogen-bond acceptors (Lipinski definition) is 3. The first-order valence-electron chi connectivity index (χ1n) is 7.16. The van der Waals surface area contributed by atoms with Crippen LogP contribution in [0.2, 0.25) is 5.02 Å². The van der Waals surface area contributed by atoms with Gasteiger partial charge < -0.3 is 10.6 Å². The number of carbonyl (C=O) groups excluding carboxylic acids is 1.